The molecule has 2 aliphatic carbocycles. The second-order valence-electron chi connectivity index (χ2n) is 4.72. The molecule has 1 aliphatic heterocycles. The first-order chi connectivity index (χ1) is 7.32. The minimum atomic E-state index is 0.159. The number of benzene rings is 1. The van der Waals surface area contributed by atoms with Crippen LogP contribution in [0.1, 0.15) is 22.3 Å². The van der Waals surface area contributed by atoms with Gasteiger partial charge in [-0.05, 0) is 17.9 Å². The minimum absolute atomic E-state index is 0.159. The molecule has 1 heterocycles. The molecule has 4 rings (SSSR count). The SMILES string of the molecule is O=C1C=C2NC[C@H]3C[C@]23c2ccccc21. The maximum atomic E-state index is 11.9. The van der Waals surface area contributed by atoms with E-state index >= 15 is 0 Å². The fraction of sp³-hybridized carbons (Fsp3) is 0.308. The molecular weight excluding hydrogens is 186 g/mol. The Morgan fingerprint density at radius 1 is 1.33 bits per heavy atom. The highest BCUT2D eigenvalue weighted by Crippen LogP contribution is 2.63. The van der Waals surface area contributed by atoms with Crippen LogP contribution in [0.25, 0.3) is 0 Å². The fourth-order valence-corrected chi connectivity index (χ4v) is 3.25. The molecule has 0 bridgehead atoms. The number of carbonyl (C=O) groups is 1. The van der Waals surface area contributed by atoms with Crippen LogP contribution < -0.4 is 5.32 Å². The Labute approximate surface area is 88.0 Å². The number of carbonyl (C=O) groups excluding carboxylic acids is 1. The third-order valence-corrected chi connectivity index (χ3v) is 4.07. The molecule has 2 nitrogen and oxygen atoms in total. The van der Waals surface area contributed by atoms with Crippen molar-refractivity contribution in [2.45, 2.75) is 11.8 Å². The van der Waals surface area contributed by atoms with Crippen LogP contribution in [0.15, 0.2) is 36.0 Å². The number of piperidine rings is 1. The highest BCUT2D eigenvalue weighted by atomic mass is 16.1. The summed E-state index contributed by atoms with van der Waals surface area (Å²) in [5.74, 6) is 0.879. The molecule has 15 heavy (non-hydrogen) atoms. The molecule has 2 fully saturated rings. The van der Waals surface area contributed by atoms with E-state index in [1.807, 2.05) is 18.2 Å². The Hall–Kier alpha value is -1.57. The lowest BCUT2D eigenvalue weighted by molar-refractivity contribution is 0.104. The summed E-state index contributed by atoms with van der Waals surface area (Å²) < 4.78 is 0. The van der Waals surface area contributed by atoms with Gasteiger partial charge in [-0.2, -0.15) is 0 Å². The van der Waals surface area contributed by atoms with E-state index in [9.17, 15) is 4.79 Å². The van der Waals surface area contributed by atoms with Gasteiger partial charge >= 0.3 is 0 Å². The van der Waals surface area contributed by atoms with Gasteiger partial charge in [0.2, 0.25) is 0 Å². The van der Waals surface area contributed by atoms with Gasteiger partial charge in [-0.25, -0.2) is 0 Å². The van der Waals surface area contributed by atoms with Crippen molar-refractivity contribution in [3.05, 3.63) is 47.2 Å². The second-order valence-corrected chi connectivity index (χ2v) is 4.72. The van der Waals surface area contributed by atoms with Gasteiger partial charge in [0.05, 0.1) is 0 Å². The molecular formula is C13H11NO. The van der Waals surface area contributed by atoms with E-state index in [4.69, 9.17) is 0 Å². The number of hydrogen-bond donors (Lipinski definition) is 1. The number of rotatable bonds is 0. The van der Waals surface area contributed by atoms with Crippen molar-refractivity contribution in [1.82, 2.24) is 5.32 Å². The zero-order valence-electron chi connectivity index (χ0n) is 8.29. The summed E-state index contributed by atoms with van der Waals surface area (Å²) >= 11 is 0. The summed E-state index contributed by atoms with van der Waals surface area (Å²) in [5.41, 5.74) is 3.52. The van der Waals surface area contributed by atoms with Crippen molar-refractivity contribution in [1.29, 1.82) is 0 Å². The lowest BCUT2D eigenvalue weighted by atomic mass is 9.82. The van der Waals surface area contributed by atoms with Gasteiger partial charge in [0, 0.05) is 29.3 Å². The van der Waals surface area contributed by atoms with Gasteiger partial charge < -0.3 is 5.32 Å². The standard InChI is InChI=1S/C13H11NO/c15-11-5-12-13(6-8(13)7-14-12)10-4-2-1-3-9(10)11/h1-5,8,14H,6-7H2/t8-,13+/m1/s1. The van der Waals surface area contributed by atoms with E-state index in [1.165, 1.54) is 12.0 Å². The normalized spacial score (nSPS) is 34.8. The van der Waals surface area contributed by atoms with Gasteiger partial charge in [-0.1, -0.05) is 24.3 Å². The molecule has 0 amide bonds. The Bertz CT molecular complexity index is 517. The highest BCUT2D eigenvalue weighted by Gasteiger charge is 2.63. The monoisotopic (exact) mass is 197 g/mol. The van der Waals surface area contributed by atoms with Gasteiger partial charge in [0.1, 0.15) is 0 Å². The first kappa shape index (κ1) is 7.69. The van der Waals surface area contributed by atoms with E-state index in [-0.39, 0.29) is 11.2 Å². The molecule has 0 radical (unpaired) electrons. The van der Waals surface area contributed by atoms with Crippen molar-refractivity contribution >= 4 is 5.78 Å². The predicted molar refractivity (Wildman–Crippen MR) is 56.6 cm³/mol. The highest BCUT2D eigenvalue weighted by molar-refractivity contribution is 6.08. The van der Waals surface area contributed by atoms with E-state index in [0.29, 0.717) is 0 Å². The molecule has 0 unspecified atom stereocenters. The summed E-state index contributed by atoms with van der Waals surface area (Å²) in [4.78, 5) is 11.9. The van der Waals surface area contributed by atoms with Crippen molar-refractivity contribution < 1.29 is 4.79 Å². The molecule has 1 aromatic carbocycles. The smallest absolute Gasteiger partial charge is 0.187 e. The number of allylic oxidation sites excluding steroid dienone is 2. The first-order valence-corrected chi connectivity index (χ1v) is 5.42. The summed E-state index contributed by atoms with van der Waals surface area (Å²) in [6.07, 6.45) is 3.02. The van der Waals surface area contributed by atoms with Crippen LogP contribution in [0.3, 0.4) is 0 Å². The van der Waals surface area contributed by atoms with Crippen LogP contribution in [0, 0.1) is 5.92 Å². The molecule has 1 aromatic rings. The maximum Gasteiger partial charge on any atom is 0.187 e. The molecule has 1 spiro atoms. The van der Waals surface area contributed by atoms with Gasteiger partial charge in [-0.3, -0.25) is 4.79 Å². The summed E-state index contributed by atoms with van der Waals surface area (Å²) in [6.45, 7) is 1.04. The summed E-state index contributed by atoms with van der Waals surface area (Å²) in [7, 11) is 0. The van der Waals surface area contributed by atoms with E-state index in [0.717, 1.165) is 23.7 Å². The Morgan fingerprint density at radius 3 is 3.07 bits per heavy atom. The molecule has 2 atom stereocenters. The van der Waals surface area contributed by atoms with Crippen molar-refractivity contribution in [2.75, 3.05) is 6.54 Å². The van der Waals surface area contributed by atoms with Crippen LogP contribution in [-0.2, 0) is 5.41 Å². The van der Waals surface area contributed by atoms with E-state index < -0.39 is 0 Å². The molecule has 0 aromatic heterocycles. The molecule has 3 aliphatic rings. The van der Waals surface area contributed by atoms with Gasteiger partial charge in [0.25, 0.3) is 0 Å². The number of fused-ring (bicyclic) bond motifs is 1. The van der Waals surface area contributed by atoms with Gasteiger partial charge in [-0.15, -0.1) is 0 Å². The third kappa shape index (κ3) is 0.717. The predicted octanol–water partition coefficient (Wildman–Crippen LogP) is 1.63. The third-order valence-electron chi connectivity index (χ3n) is 4.07. The van der Waals surface area contributed by atoms with E-state index in [1.54, 1.807) is 6.08 Å². The Kier molecular flexibility index (Phi) is 1.11. The van der Waals surface area contributed by atoms with E-state index in [2.05, 4.69) is 11.4 Å². The van der Waals surface area contributed by atoms with Crippen LogP contribution in [0.2, 0.25) is 0 Å². The van der Waals surface area contributed by atoms with Crippen LogP contribution in [-0.4, -0.2) is 12.3 Å². The first-order valence-electron chi connectivity index (χ1n) is 5.42. The average molecular weight is 197 g/mol. The number of hydrogen-bond acceptors (Lipinski definition) is 2. The topological polar surface area (TPSA) is 29.1 Å². The van der Waals surface area contributed by atoms with Crippen LogP contribution in [0.5, 0.6) is 0 Å². The molecule has 1 N–H and O–H groups in total. The average Bonchev–Trinajstić information content (AvgIpc) is 2.89. The molecule has 74 valence electrons. The lowest BCUT2D eigenvalue weighted by Gasteiger charge is -2.23. The number of ketones is 1. The second kappa shape index (κ2) is 2.16. The lowest BCUT2D eigenvalue weighted by Crippen LogP contribution is -2.24. The van der Waals surface area contributed by atoms with Crippen molar-refractivity contribution in [3.63, 3.8) is 0 Å². The van der Waals surface area contributed by atoms with Gasteiger partial charge in [0.15, 0.2) is 5.78 Å². The number of nitrogens with one attached hydrogen (secondary N) is 1. The molecule has 1 saturated heterocycles. The fourth-order valence-electron chi connectivity index (χ4n) is 3.25. The Balaban J connectivity index is 2.05. The summed E-state index contributed by atoms with van der Waals surface area (Å²) in [6, 6.07) is 8.06. The zero-order valence-corrected chi connectivity index (χ0v) is 8.29. The minimum Gasteiger partial charge on any atom is -0.387 e. The summed E-state index contributed by atoms with van der Waals surface area (Å²) in [5, 5.41) is 3.36. The maximum absolute atomic E-state index is 11.9. The Morgan fingerprint density at radius 2 is 2.20 bits per heavy atom. The molecule has 1 saturated carbocycles. The largest absolute Gasteiger partial charge is 0.387 e. The van der Waals surface area contributed by atoms with Crippen molar-refractivity contribution in [3.8, 4) is 0 Å². The van der Waals surface area contributed by atoms with Crippen LogP contribution >= 0.6 is 0 Å². The van der Waals surface area contributed by atoms with Crippen molar-refractivity contribution in [2.24, 2.45) is 5.92 Å². The zero-order chi connectivity index (χ0) is 10.0. The molecule has 2 heteroatoms. The van der Waals surface area contributed by atoms with Crippen LogP contribution in [0.4, 0.5) is 0 Å². The quantitative estimate of drug-likeness (QED) is 0.685.